The number of hydrogen-bond acceptors (Lipinski definition) is 4. The van der Waals surface area contributed by atoms with Crippen molar-refractivity contribution in [1.82, 2.24) is 5.32 Å². The van der Waals surface area contributed by atoms with Crippen molar-refractivity contribution >= 4 is 40.8 Å². The van der Waals surface area contributed by atoms with Crippen LogP contribution in [0.5, 0.6) is 0 Å². The first-order valence-electron chi connectivity index (χ1n) is 6.15. The first-order chi connectivity index (χ1) is 9.47. The predicted octanol–water partition coefficient (Wildman–Crippen LogP) is 2.26. The van der Waals surface area contributed by atoms with E-state index in [1.54, 1.807) is 0 Å². The second-order valence-electron chi connectivity index (χ2n) is 4.68. The molecule has 1 aromatic rings. The van der Waals surface area contributed by atoms with Gasteiger partial charge in [-0.3, -0.25) is 4.79 Å². The van der Waals surface area contributed by atoms with Crippen molar-refractivity contribution in [3.8, 4) is 0 Å². The lowest BCUT2D eigenvalue weighted by molar-refractivity contribution is -0.124. The molecule has 2 rings (SSSR count). The molecule has 0 bridgehead atoms. The largest absolute Gasteiger partial charge is 0.452 e. The molecule has 1 aliphatic carbocycles. The van der Waals surface area contributed by atoms with Gasteiger partial charge in [-0.25, -0.2) is 4.79 Å². The van der Waals surface area contributed by atoms with E-state index >= 15 is 0 Å². The van der Waals surface area contributed by atoms with Gasteiger partial charge >= 0.3 is 5.97 Å². The van der Waals surface area contributed by atoms with Crippen LogP contribution in [0.1, 0.15) is 23.2 Å². The molecule has 7 heteroatoms. The summed E-state index contributed by atoms with van der Waals surface area (Å²) in [5.41, 5.74) is 5.94. The van der Waals surface area contributed by atoms with Gasteiger partial charge < -0.3 is 15.8 Å². The second kappa shape index (κ2) is 6.33. The van der Waals surface area contributed by atoms with E-state index in [2.05, 4.69) is 5.32 Å². The molecule has 5 nitrogen and oxygen atoms in total. The Morgan fingerprint density at radius 3 is 2.65 bits per heavy atom. The molecule has 108 valence electrons. The quantitative estimate of drug-likeness (QED) is 0.645. The molecule has 0 spiro atoms. The molecular formula is C13H14Cl2N2O3. The Morgan fingerprint density at radius 2 is 2.05 bits per heavy atom. The summed E-state index contributed by atoms with van der Waals surface area (Å²) < 4.78 is 4.88. The molecule has 1 saturated carbocycles. The fourth-order valence-corrected chi connectivity index (χ4v) is 1.91. The lowest BCUT2D eigenvalue weighted by Gasteiger charge is -2.08. The van der Waals surface area contributed by atoms with Crippen LogP contribution in [-0.4, -0.2) is 25.0 Å². The van der Waals surface area contributed by atoms with Crippen LogP contribution in [0.4, 0.5) is 5.69 Å². The minimum absolute atomic E-state index is 0.159. The van der Waals surface area contributed by atoms with Crippen LogP contribution in [0.3, 0.4) is 0 Å². The van der Waals surface area contributed by atoms with Gasteiger partial charge in [-0.1, -0.05) is 23.2 Å². The van der Waals surface area contributed by atoms with Crippen LogP contribution in [0.15, 0.2) is 12.1 Å². The maximum Gasteiger partial charge on any atom is 0.338 e. The zero-order valence-electron chi connectivity index (χ0n) is 10.6. The average molecular weight is 317 g/mol. The molecule has 1 fully saturated rings. The van der Waals surface area contributed by atoms with Crippen LogP contribution < -0.4 is 11.1 Å². The summed E-state index contributed by atoms with van der Waals surface area (Å²) in [4.78, 5) is 23.2. The molecule has 0 radical (unpaired) electrons. The number of esters is 1. The van der Waals surface area contributed by atoms with E-state index in [1.807, 2.05) is 0 Å². The highest BCUT2D eigenvalue weighted by molar-refractivity contribution is 6.43. The van der Waals surface area contributed by atoms with E-state index in [4.69, 9.17) is 33.7 Å². The molecule has 1 aliphatic rings. The van der Waals surface area contributed by atoms with Crippen LogP contribution in [-0.2, 0) is 9.53 Å². The zero-order chi connectivity index (χ0) is 14.7. The van der Waals surface area contributed by atoms with Gasteiger partial charge in [0.15, 0.2) is 6.61 Å². The number of nitrogens with two attached hydrogens (primary N) is 1. The second-order valence-corrected chi connectivity index (χ2v) is 5.47. The van der Waals surface area contributed by atoms with Crippen LogP contribution in [0, 0.1) is 5.92 Å². The van der Waals surface area contributed by atoms with Gasteiger partial charge in [0.2, 0.25) is 0 Å². The van der Waals surface area contributed by atoms with Crippen LogP contribution in [0.2, 0.25) is 10.0 Å². The molecule has 0 saturated heterocycles. The number of carbonyl (C=O) groups is 2. The maximum atomic E-state index is 11.8. The Balaban J connectivity index is 1.86. The van der Waals surface area contributed by atoms with Gasteiger partial charge in [0.1, 0.15) is 0 Å². The standard InChI is InChI=1S/C13H14Cl2N2O3/c14-9-3-8(4-10(16)12(9)15)13(19)20-6-11(18)17-5-7-1-2-7/h3-4,7H,1-2,5-6,16H2,(H,17,18). The van der Waals surface area contributed by atoms with E-state index in [9.17, 15) is 9.59 Å². The number of benzene rings is 1. The van der Waals surface area contributed by atoms with Gasteiger partial charge in [0.05, 0.1) is 21.3 Å². The SMILES string of the molecule is Nc1cc(C(=O)OCC(=O)NCC2CC2)cc(Cl)c1Cl. The predicted molar refractivity (Wildman–Crippen MR) is 76.9 cm³/mol. The molecule has 20 heavy (non-hydrogen) atoms. The summed E-state index contributed by atoms with van der Waals surface area (Å²) in [5, 5.41) is 3.04. The highest BCUT2D eigenvalue weighted by Gasteiger charge is 2.22. The smallest absolute Gasteiger partial charge is 0.338 e. The molecule has 0 unspecified atom stereocenters. The fourth-order valence-electron chi connectivity index (χ4n) is 1.57. The van der Waals surface area contributed by atoms with E-state index in [0.29, 0.717) is 12.5 Å². The summed E-state index contributed by atoms with van der Waals surface area (Å²) in [6.07, 6.45) is 2.28. The summed E-state index contributed by atoms with van der Waals surface area (Å²) in [7, 11) is 0. The Morgan fingerprint density at radius 1 is 1.35 bits per heavy atom. The molecular weight excluding hydrogens is 303 g/mol. The van der Waals surface area contributed by atoms with Gasteiger partial charge in [0, 0.05) is 6.54 Å². The Labute approximate surface area is 126 Å². The zero-order valence-corrected chi connectivity index (χ0v) is 12.1. The number of rotatable bonds is 5. The van der Waals surface area contributed by atoms with Gasteiger partial charge in [-0.05, 0) is 30.9 Å². The van der Waals surface area contributed by atoms with E-state index in [-0.39, 0.29) is 33.8 Å². The summed E-state index contributed by atoms with van der Waals surface area (Å²) in [6, 6.07) is 2.71. The lowest BCUT2D eigenvalue weighted by Crippen LogP contribution is -2.30. The molecule has 0 heterocycles. The van der Waals surface area contributed by atoms with Gasteiger partial charge in [-0.2, -0.15) is 0 Å². The number of nitrogen functional groups attached to an aromatic ring is 1. The molecule has 3 N–H and O–H groups in total. The molecule has 1 amide bonds. The van der Waals surface area contributed by atoms with E-state index in [1.165, 1.54) is 12.1 Å². The highest BCUT2D eigenvalue weighted by Crippen LogP contribution is 2.29. The number of ether oxygens (including phenoxy) is 1. The number of hydrogen-bond donors (Lipinski definition) is 2. The van der Waals surface area contributed by atoms with E-state index in [0.717, 1.165) is 12.8 Å². The first-order valence-corrected chi connectivity index (χ1v) is 6.91. The molecule has 0 aromatic heterocycles. The van der Waals surface area contributed by atoms with Crippen molar-refractivity contribution in [2.75, 3.05) is 18.9 Å². The normalized spacial score (nSPS) is 13.9. The van der Waals surface area contributed by atoms with Crippen LogP contribution in [0.25, 0.3) is 0 Å². The third kappa shape index (κ3) is 4.02. The average Bonchev–Trinajstić information content (AvgIpc) is 3.23. The van der Waals surface area contributed by atoms with Crippen molar-refractivity contribution in [1.29, 1.82) is 0 Å². The highest BCUT2D eigenvalue weighted by atomic mass is 35.5. The monoisotopic (exact) mass is 316 g/mol. The minimum atomic E-state index is -0.670. The molecule has 0 atom stereocenters. The fraction of sp³-hybridized carbons (Fsp3) is 0.385. The summed E-state index contributed by atoms with van der Waals surface area (Å²) >= 11 is 11.6. The number of nitrogens with one attached hydrogen (secondary N) is 1. The summed E-state index contributed by atoms with van der Waals surface area (Å²) in [5.74, 6) is -0.417. The van der Waals surface area contributed by atoms with Crippen molar-refractivity contribution < 1.29 is 14.3 Å². The number of carbonyl (C=O) groups excluding carboxylic acids is 2. The van der Waals surface area contributed by atoms with Gasteiger partial charge in [0.25, 0.3) is 5.91 Å². The van der Waals surface area contributed by atoms with Crippen molar-refractivity contribution in [3.05, 3.63) is 27.7 Å². The number of halogens is 2. The molecule has 1 aromatic carbocycles. The lowest BCUT2D eigenvalue weighted by atomic mass is 10.2. The Kier molecular flexibility index (Phi) is 4.73. The third-order valence-corrected chi connectivity index (χ3v) is 3.73. The van der Waals surface area contributed by atoms with Crippen molar-refractivity contribution in [2.24, 2.45) is 5.92 Å². The Bertz CT molecular complexity index is 521. The summed E-state index contributed by atoms with van der Waals surface area (Å²) in [6.45, 7) is 0.307. The van der Waals surface area contributed by atoms with Crippen molar-refractivity contribution in [2.45, 2.75) is 12.8 Å². The van der Waals surface area contributed by atoms with Crippen molar-refractivity contribution in [3.63, 3.8) is 0 Å². The number of amides is 1. The minimum Gasteiger partial charge on any atom is -0.452 e. The van der Waals surface area contributed by atoms with Gasteiger partial charge in [-0.15, -0.1) is 0 Å². The molecule has 0 aliphatic heterocycles. The Hall–Kier alpha value is -1.46. The maximum absolute atomic E-state index is 11.8. The number of anilines is 1. The van der Waals surface area contributed by atoms with Crippen LogP contribution >= 0.6 is 23.2 Å². The third-order valence-electron chi connectivity index (χ3n) is 2.91. The van der Waals surface area contributed by atoms with E-state index < -0.39 is 5.97 Å². The first kappa shape index (κ1) is 14.9. The topological polar surface area (TPSA) is 81.4 Å².